The second-order valence-corrected chi connectivity index (χ2v) is 2.08. The number of aliphatic carboxylic acids is 1. The van der Waals surface area contributed by atoms with Crippen LogP contribution in [0.5, 0.6) is 0 Å². The Kier molecular flexibility index (Phi) is 14.1. The smallest absolute Gasteiger partial charge is 0.550 e. The van der Waals surface area contributed by atoms with E-state index in [1.165, 1.54) is 0 Å². The number of ether oxygens (including phenoxy) is 2. The third kappa shape index (κ3) is 13.0. The van der Waals surface area contributed by atoms with E-state index in [1.807, 2.05) is 0 Å². The molecule has 0 aromatic rings. The van der Waals surface area contributed by atoms with Crippen LogP contribution in [-0.4, -0.2) is 32.9 Å². The number of rotatable bonds is 7. The Labute approximate surface area is 94.5 Å². The van der Waals surface area contributed by atoms with Crippen LogP contribution in [0.25, 0.3) is 0 Å². The van der Waals surface area contributed by atoms with Gasteiger partial charge in [0.25, 0.3) is 0 Å². The molecule has 0 spiro atoms. The van der Waals surface area contributed by atoms with Gasteiger partial charge in [0.15, 0.2) is 0 Å². The topological polar surface area (TPSA) is 58.6 Å². The molecule has 5 heteroatoms. The molecule has 0 unspecified atom stereocenters. The van der Waals surface area contributed by atoms with E-state index in [0.29, 0.717) is 13.2 Å². The number of hydrogen-bond donors (Lipinski definition) is 0. The Hall–Kier alpha value is 0.390. The monoisotopic (exact) mass is 184 g/mol. The van der Waals surface area contributed by atoms with E-state index in [-0.39, 0.29) is 42.6 Å². The third-order valence-corrected chi connectivity index (χ3v) is 1.09. The summed E-state index contributed by atoms with van der Waals surface area (Å²) in [5.41, 5.74) is 0. The van der Waals surface area contributed by atoms with Crippen molar-refractivity contribution in [2.75, 3.05) is 26.9 Å². The fraction of sp³-hybridized carbons (Fsp3) is 0.857. The number of carboxylic acids is 1. The van der Waals surface area contributed by atoms with E-state index >= 15 is 0 Å². The molecule has 0 heterocycles. The average Bonchev–Trinajstić information content (AvgIpc) is 1.96. The minimum absolute atomic E-state index is 0. The fourth-order valence-electron chi connectivity index (χ4n) is 0.563. The van der Waals surface area contributed by atoms with Gasteiger partial charge in [-0.3, -0.25) is 0 Å². The number of hydrogen-bond acceptors (Lipinski definition) is 4. The molecule has 0 saturated carbocycles. The molecule has 0 aromatic carbocycles. The molecule has 12 heavy (non-hydrogen) atoms. The van der Waals surface area contributed by atoms with Crippen molar-refractivity contribution in [2.45, 2.75) is 12.8 Å². The maximum absolute atomic E-state index is 9.87. The SMILES string of the molecule is COCCCOCCC(=O)[O-].[Na+]. The van der Waals surface area contributed by atoms with E-state index in [2.05, 4.69) is 0 Å². The van der Waals surface area contributed by atoms with Crippen molar-refractivity contribution in [3.63, 3.8) is 0 Å². The van der Waals surface area contributed by atoms with Crippen LogP contribution in [0, 0.1) is 0 Å². The van der Waals surface area contributed by atoms with Gasteiger partial charge < -0.3 is 19.4 Å². The van der Waals surface area contributed by atoms with Gasteiger partial charge in [-0.05, 0) is 6.42 Å². The first-order chi connectivity index (χ1) is 5.27. The summed E-state index contributed by atoms with van der Waals surface area (Å²) in [4.78, 5) is 9.87. The summed E-state index contributed by atoms with van der Waals surface area (Å²) in [6, 6.07) is 0. The second-order valence-electron chi connectivity index (χ2n) is 2.08. The minimum Gasteiger partial charge on any atom is -0.550 e. The standard InChI is InChI=1S/C7H14O4.Na/c1-10-4-2-5-11-6-3-7(8)9;/h2-6H2,1H3,(H,8,9);/q;+1/p-1. The summed E-state index contributed by atoms with van der Waals surface area (Å²) in [6.07, 6.45) is 0.760. The number of methoxy groups -OCH3 is 1. The second kappa shape index (κ2) is 11.4. The zero-order valence-electron chi connectivity index (χ0n) is 7.67. The van der Waals surface area contributed by atoms with Crippen molar-refractivity contribution in [3.05, 3.63) is 0 Å². The molecule has 0 saturated heterocycles. The molecule has 0 aliphatic rings. The van der Waals surface area contributed by atoms with E-state index in [9.17, 15) is 9.90 Å². The Bertz CT molecular complexity index is 108. The van der Waals surface area contributed by atoms with E-state index in [0.717, 1.165) is 6.42 Å². The molecule has 0 bridgehead atoms. The molecule has 0 rings (SSSR count). The molecule has 4 nitrogen and oxygen atoms in total. The summed E-state index contributed by atoms with van der Waals surface area (Å²) in [5.74, 6) is -1.07. The molecular formula is C7H13NaO4. The fourth-order valence-corrected chi connectivity index (χ4v) is 0.563. The van der Waals surface area contributed by atoms with Crippen molar-refractivity contribution in [1.82, 2.24) is 0 Å². The minimum atomic E-state index is -1.07. The number of carbonyl (C=O) groups excluding carboxylic acids is 1. The molecule has 0 fully saturated rings. The molecule has 0 aromatic heterocycles. The normalized spacial score (nSPS) is 9.08. The molecule has 0 radical (unpaired) electrons. The average molecular weight is 184 g/mol. The largest absolute Gasteiger partial charge is 1.00 e. The molecule has 0 aliphatic carbocycles. The number of carboxylic acid groups (broad SMARTS) is 1. The van der Waals surface area contributed by atoms with Gasteiger partial charge in [-0.15, -0.1) is 0 Å². The van der Waals surface area contributed by atoms with E-state index in [4.69, 9.17) is 9.47 Å². The summed E-state index contributed by atoms with van der Waals surface area (Å²) in [6.45, 7) is 1.42. The van der Waals surface area contributed by atoms with Gasteiger partial charge in [0.05, 0.1) is 6.61 Å². The third-order valence-electron chi connectivity index (χ3n) is 1.09. The Morgan fingerprint density at radius 2 is 2.00 bits per heavy atom. The van der Waals surface area contributed by atoms with Gasteiger partial charge in [-0.2, -0.15) is 0 Å². The van der Waals surface area contributed by atoms with Crippen molar-refractivity contribution in [3.8, 4) is 0 Å². The van der Waals surface area contributed by atoms with Crippen molar-refractivity contribution in [1.29, 1.82) is 0 Å². The molecule has 0 atom stereocenters. The van der Waals surface area contributed by atoms with Crippen LogP contribution in [0.15, 0.2) is 0 Å². The van der Waals surface area contributed by atoms with Crippen molar-refractivity contribution >= 4 is 5.97 Å². The predicted molar refractivity (Wildman–Crippen MR) is 36.9 cm³/mol. The van der Waals surface area contributed by atoms with Crippen molar-refractivity contribution in [2.24, 2.45) is 0 Å². The Morgan fingerprint density at radius 1 is 1.33 bits per heavy atom. The van der Waals surface area contributed by atoms with Gasteiger partial charge in [0.2, 0.25) is 0 Å². The predicted octanol–water partition coefficient (Wildman–Crippen LogP) is -3.82. The van der Waals surface area contributed by atoms with Gasteiger partial charge in [-0.1, -0.05) is 0 Å². The van der Waals surface area contributed by atoms with Crippen LogP contribution in [0.4, 0.5) is 0 Å². The van der Waals surface area contributed by atoms with Crippen LogP contribution in [0.1, 0.15) is 12.8 Å². The summed E-state index contributed by atoms with van der Waals surface area (Å²) >= 11 is 0. The van der Waals surface area contributed by atoms with Crippen LogP contribution in [-0.2, 0) is 14.3 Å². The zero-order chi connectivity index (χ0) is 8.53. The summed E-state index contributed by atoms with van der Waals surface area (Å²) < 4.78 is 9.71. The zero-order valence-corrected chi connectivity index (χ0v) is 9.67. The molecule has 0 amide bonds. The first-order valence-corrected chi connectivity index (χ1v) is 3.54. The van der Waals surface area contributed by atoms with E-state index in [1.54, 1.807) is 7.11 Å². The molecule has 0 aliphatic heterocycles. The van der Waals surface area contributed by atoms with E-state index < -0.39 is 5.97 Å². The quantitative estimate of drug-likeness (QED) is 0.300. The number of carbonyl (C=O) groups is 1. The Balaban J connectivity index is 0. The van der Waals surface area contributed by atoms with Crippen LogP contribution < -0.4 is 34.7 Å². The van der Waals surface area contributed by atoms with Crippen LogP contribution in [0.2, 0.25) is 0 Å². The first kappa shape index (κ1) is 14.9. The molecular weight excluding hydrogens is 171 g/mol. The first-order valence-electron chi connectivity index (χ1n) is 3.54. The Morgan fingerprint density at radius 3 is 2.50 bits per heavy atom. The summed E-state index contributed by atoms with van der Waals surface area (Å²) in [7, 11) is 1.61. The van der Waals surface area contributed by atoms with Gasteiger partial charge in [0, 0.05) is 32.7 Å². The van der Waals surface area contributed by atoms with Crippen LogP contribution in [0.3, 0.4) is 0 Å². The van der Waals surface area contributed by atoms with Gasteiger partial charge >= 0.3 is 29.6 Å². The van der Waals surface area contributed by atoms with Gasteiger partial charge in [0.1, 0.15) is 0 Å². The maximum Gasteiger partial charge on any atom is 1.00 e. The van der Waals surface area contributed by atoms with Crippen molar-refractivity contribution < 1.29 is 48.9 Å². The van der Waals surface area contributed by atoms with Gasteiger partial charge in [-0.25, -0.2) is 0 Å². The summed E-state index contributed by atoms with van der Waals surface area (Å²) in [5, 5.41) is 9.87. The molecule has 0 N–H and O–H groups in total. The molecule has 66 valence electrons. The maximum atomic E-state index is 9.87. The van der Waals surface area contributed by atoms with Crippen LogP contribution >= 0.6 is 0 Å².